The Bertz CT molecular complexity index is 824. The molecular formula is C16H14F3N3O4. The monoisotopic (exact) mass is 369 g/mol. The normalized spacial score (nSPS) is 15.1. The van der Waals surface area contributed by atoms with Gasteiger partial charge in [0.15, 0.2) is 5.69 Å². The Hall–Kier alpha value is -2.91. The number of halogens is 3. The average molecular weight is 369 g/mol. The van der Waals surface area contributed by atoms with Crippen molar-refractivity contribution in [3.05, 3.63) is 40.1 Å². The van der Waals surface area contributed by atoms with Crippen LogP contribution >= 0.6 is 0 Å². The number of hydrogen-bond donors (Lipinski definition) is 0. The van der Waals surface area contributed by atoms with Crippen LogP contribution in [0.4, 0.5) is 24.7 Å². The van der Waals surface area contributed by atoms with Gasteiger partial charge in [-0.05, 0) is 31.4 Å². The number of nitrogens with zero attached hydrogens (tertiary/aromatic N) is 3. The van der Waals surface area contributed by atoms with Gasteiger partial charge in [0.05, 0.1) is 4.92 Å². The summed E-state index contributed by atoms with van der Waals surface area (Å²) >= 11 is 0. The molecule has 0 amide bonds. The molecule has 0 spiro atoms. The second-order valence-corrected chi connectivity index (χ2v) is 5.85. The van der Waals surface area contributed by atoms with E-state index in [0.717, 1.165) is 19.3 Å². The molecule has 0 unspecified atom stereocenters. The molecule has 3 rings (SSSR count). The van der Waals surface area contributed by atoms with E-state index in [4.69, 9.17) is 4.42 Å². The van der Waals surface area contributed by atoms with Gasteiger partial charge in [-0.15, -0.1) is 0 Å². The van der Waals surface area contributed by atoms with Gasteiger partial charge in [0.1, 0.15) is 0 Å². The third kappa shape index (κ3) is 3.53. The molecule has 7 nitrogen and oxygen atoms in total. The molecule has 1 aromatic carbocycles. The van der Waals surface area contributed by atoms with Crippen LogP contribution < -0.4 is 4.90 Å². The summed E-state index contributed by atoms with van der Waals surface area (Å²) in [5.41, 5.74) is -0.717. The fourth-order valence-electron chi connectivity index (χ4n) is 2.75. The molecule has 0 saturated carbocycles. The van der Waals surface area contributed by atoms with Gasteiger partial charge in [-0.2, -0.15) is 13.2 Å². The third-order valence-corrected chi connectivity index (χ3v) is 4.05. The summed E-state index contributed by atoms with van der Waals surface area (Å²) in [6.45, 7) is 0.931. The Kier molecular flexibility index (Phi) is 4.66. The van der Waals surface area contributed by atoms with Crippen LogP contribution in [-0.2, 0) is 0 Å². The van der Waals surface area contributed by atoms with E-state index >= 15 is 0 Å². The molecule has 26 heavy (non-hydrogen) atoms. The van der Waals surface area contributed by atoms with Crippen LogP contribution in [0.2, 0.25) is 0 Å². The maximum Gasteiger partial charge on any atom is 0.456 e. The van der Waals surface area contributed by atoms with Gasteiger partial charge in [0.2, 0.25) is 11.8 Å². The van der Waals surface area contributed by atoms with Crippen LogP contribution in [0.5, 0.6) is 0 Å². The summed E-state index contributed by atoms with van der Waals surface area (Å²) in [5, 5.41) is 10.7. The predicted molar refractivity (Wildman–Crippen MR) is 85.0 cm³/mol. The number of Topliss-reactive ketones (excluding diaryl/α,β-unsaturated/α-hetero) is 1. The first-order valence-electron chi connectivity index (χ1n) is 7.89. The number of carbonyl (C=O) groups is 1. The second-order valence-electron chi connectivity index (χ2n) is 5.85. The van der Waals surface area contributed by atoms with Crippen molar-refractivity contribution in [1.29, 1.82) is 0 Å². The average Bonchev–Trinajstić information content (AvgIpc) is 3.06. The number of carbonyl (C=O) groups excluding carboxylic acids is 1. The highest BCUT2D eigenvalue weighted by atomic mass is 19.4. The number of benzene rings is 1. The van der Waals surface area contributed by atoms with Crippen molar-refractivity contribution in [1.82, 2.24) is 4.98 Å². The minimum absolute atomic E-state index is 0.178. The molecule has 0 N–H and O–H groups in total. The summed E-state index contributed by atoms with van der Waals surface area (Å²) in [5.74, 6) is -2.47. The van der Waals surface area contributed by atoms with Crippen LogP contribution in [0.1, 0.15) is 29.8 Å². The Morgan fingerprint density at radius 1 is 1.15 bits per heavy atom. The predicted octanol–water partition coefficient (Wildman–Crippen LogP) is 3.99. The van der Waals surface area contributed by atoms with Crippen molar-refractivity contribution in [2.45, 2.75) is 25.4 Å². The van der Waals surface area contributed by atoms with Crippen LogP contribution in [0.25, 0.3) is 11.5 Å². The van der Waals surface area contributed by atoms with Gasteiger partial charge < -0.3 is 9.32 Å². The Morgan fingerprint density at radius 2 is 1.77 bits per heavy atom. The molecule has 10 heteroatoms. The van der Waals surface area contributed by atoms with E-state index in [1.165, 1.54) is 24.3 Å². The van der Waals surface area contributed by atoms with Crippen molar-refractivity contribution in [3.63, 3.8) is 0 Å². The maximum atomic E-state index is 12.9. The van der Waals surface area contributed by atoms with E-state index in [9.17, 15) is 28.1 Å². The number of ketones is 1. The van der Waals surface area contributed by atoms with Crippen molar-refractivity contribution in [2.75, 3.05) is 18.0 Å². The van der Waals surface area contributed by atoms with E-state index in [0.29, 0.717) is 13.1 Å². The van der Waals surface area contributed by atoms with Gasteiger partial charge in [-0.3, -0.25) is 14.9 Å². The van der Waals surface area contributed by atoms with E-state index < -0.39 is 22.6 Å². The summed E-state index contributed by atoms with van der Waals surface area (Å²) in [6.07, 6.45) is -2.59. The van der Waals surface area contributed by atoms with Gasteiger partial charge in [-0.25, -0.2) is 4.98 Å². The lowest BCUT2D eigenvalue weighted by molar-refractivity contribution is -0.384. The largest absolute Gasteiger partial charge is 0.456 e. The number of hydrogen-bond acceptors (Lipinski definition) is 6. The molecule has 1 aliphatic rings. The highest BCUT2D eigenvalue weighted by molar-refractivity contribution is 6.02. The molecule has 0 aliphatic carbocycles. The van der Waals surface area contributed by atoms with Crippen molar-refractivity contribution < 1.29 is 27.3 Å². The van der Waals surface area contributed by atoms with E-state index in [-0.39, 0.29) is 23.0 Å². The van der Waals surface area contributed by atoms with Crippen molar-refractivity contribution in [2.24, 2.45) is 0 Å². The fraction of sp³-hybridized carbons (Fsp3) is 0.375. The number of alkyl halides is 3. The zero-order valence-corrected chi connectivity index (χ0v) is 13.5. The zero-order valence-electron chi connectivity index (χ0n) is 13.5. The number of oxazole rings is 1. The molecule has 2 aromatic rings. The summed E-state index contributed by atoms with van der Waals surface area (Å²) in [7, 11) is 0. The minimum Gasteiger partial charge on any atom is -0.420 e. The zero-order chi connectivity index (χ0) is 18.9. The lowest BCUT2D eigenvalue weighted by Crippen LogP contribution is -2.32. The molecule has 0 radical (unpaired) electrons. The van der Waals surface area contributed by atoms with Crippen LogP contribution in [0, 0.1) is 10.1 Å². The van der Waals surface area contributed by atoms with Gasteiger partial charge in [0.25, 0.3) is 11.5 Å². The molecule has 138 valence electrons. The fourth-order valence-corrected chi connectivity index (χ4v) is 2.75. The first kappa shape index (κ1) is 17.9. The van der Waals surface area contributed by atoms with Gasteiger partial charge in [-0.1, -0.05) is 0 Å². The first-order valence-corrected chi connectivity index (χ1v) is 7.89. The standard InChI is InChI=1S/C16H14F3N3O4/c17-16(18,19)13(23)12-15(21-8-2-1-3-9-21)26-14(20-12)10-4-6-11(7-5-10)22(24)25/h4-7H,1-3,8-9H2. The molecule has 1 saturated heterocycles. The Morgan fingerprint density at radius 3 is 2.31 bits per heavy atom. The van der Waals surface area contributed by atoms with Crippen molar-refractivity contribution in [3.8, 4) is 11.5 Å². The Labute approximate surface area is 145 Å². The van der Waals surface area contributed by atoms with Crippen LogP contribution in [0.15, 0.2) is 28.7 Å². The quantitative estimate of drug-likeness (QED) is 0.460. The summed E-state index contributed by atoms with van der Waals surface area (Å²) in [6, 6.07) is 4.99. The molecular weight excluding hydrogens is 355 g/mol. The molecule has 1 aromatic heterocycles. The summed E-state index contributed by atoms with van der Waals surface area (Å²) in [4.78, 5) is 27.2. The number of non-ortho nitro benzene ring substituents is 1. The van der Waals surface area contributed by atoms with E-state index in [2.05, 4.69) is 4.98 Å². The molecule has 1 fully saturated rings. The topological polar surface area (TPSA) is 89.5 Å². The number of piperidine rings is 1. The van der Waals surface area contributed by atoms with Gasteiger partial charge >= 0.3 is 6.18 Å². The van der Waals surface area contributed by atoms with E-state index in [1.54, 1.807) is 4.90 Å². The maximum absolute atomic E-state index is 12.9. The molecule has 2 heterocycles. The molecule has 0 atom stereocenters. The second kappa shape index (κ2) is 6.77. The van der Waals surface area contributed by atoms with Crippen molar-refractivity contribution >= 4 is 17.4 Å². The SMILES string of the molecule is O=C(c1nc(-c2ccc([N+](=O)[O-])cc2)oc1N1CCCCC1)C(F)(F)F. The number of nitro benzene ring substituents is 1. The minimum atomic E-state index is -5.08. The number of anilines is 1. The lowest BCUT2D eigenvalue weighted by Gasteiger charge is -2.26. The smallest absolute Gasteiger partial charge is 0.420 e. The van der Waals surface area contributed by atoms with E-state index in [1.807, 2.05) is 0 Å². The molecule has 0 bridgehead atoms. The van der Waals surface area contributed by atoms with Gasteiger partial charge in [0, 0.05) is 30.8 Å². The first-order chi connectivity index (χ1) is 12.3. The summed E-state index contributed by atoms with van der Waals surface area (Å²) < 4.78 is 44.2. The number of nitro groups is 1. The van der Waals surface area contributed by atoms with Crippen LogP contribution in [-0.4, -0.2) is 35.0 Å². The number of rotatable bonds is 4. The molecule has 1 aliphatic heterocycles. The van der Waals surface area contributed by atoms with Crippen LogP contribution in [0.3, 0.4) is 0 Å². The highest BCUT2D eigenvalue weighted by Crippen LogP contribution is 2.34. The number of aromatic nitrogens is 1. The lowest BCUT2D eigenvalue weighted by atomic mass is 10.1. The highest BCUT2D eigenvalue weighted by Gasteiger charge is 2.44. The third-order valence-electron chi connectivity index (χ3n) is 4.05. The Balaban J connectivity index is 2.02.